The molecule has 0 bridgehead atoms. The molecule has 0 aliphatic rings. The smallest absolute Gasteiger partial charge is 0.242 e. The largest absolute Gasteiger partial charge is 0.385 e. The number of hydrogen-bond acceptors (Lipinski definition) is 3. The lowest BCUT2D eigenvalue weighted by atomic mass is 10.1. The van der Waals surface area contributed by atoms with Gasteiger partial charge in [-0.25, -0.2) is 0 Å². The third-order valence-corrected chi connectivity index (χ3v) is 2.61. The maximum absolute atomic E-state index is 12.0. The monoisotopic (exact) mass is 264 g/mol. The van der Waals surface area contributed by atoms with Gasteiger partial charge in [0.15, 0.2) is 0 Å². The predicted molar refractivity (Wildman–Crippen MR) is 72.4 cm³/mol. The molecule has 0 fully saturated rings. The van der Waals surface area contributed by atoms with Crippen molar-refractivity contribution >= 4 is 11.8 Å². The highest BCUT2D eigenvalue weighted by Crippen LogP contribution is 1.99. The average Bonchev–Trinajstić information content (AvgIpc) is 2.41. The number of carbonyl (C=O) groups is 2. The molecule has 5 nitrogen and oxygen atoms in total. The topological polar surface area (TPSA) is 67.4 Å². The fourth-order valence-corrected chi connectivity index (χ4v) is 1.66. The van der Waals surface area contributed by atoms with Crippen LogP contribution in [0.25, 0.3) is 0 Å². The highest BCUT2D eigenvalue weighted by Gasteiger charge is 2.18. The van der Waals surface area contributed by atoms with Gasteiger partial charge in [-0.15, -0.1) is 0 Å². The summed E-state index contributed by atoms with van der Waals surface area (Å²) in [6, 6.07) is 9.06. The third kappa shape index (κ3) is 6.01. The van der Waals surface area contributed by atoms with Crippen molar-refractivity contribution in [3.63, 3.8) is 0 Å². The van der Waals surface area contributed by atoms with E-state index in [-0.39, 0.29) is 11.8 Å². The number of hydrogen-bond donors (Lipinski definition) is 2. The zero-order valence-corrected chi connectivity index (χ0v) is 11.3. The molecule has 0 saturated carbocycles. The third-order valence-electron chi connectivity index (χ3n) is 2.61. The molecule has 1 aromatic rings. The van der Waals surface area contributed by atoms with E-state index in [0.717, 1.165) is 5.56 Å². The molecule has 1 aromatic carbocycles. The van der Waals surface area contributed by atoms with Crippen molar-refractivity contribution in [1.29, 1.82) is 0 Å². The van der Waals surface area contributed by atoms with Crippen LogP contribution in [0.5, 0.6) is 0 Å². The Balaban J connectivity index is 2.48. The lowest BCUT2D eigenvalue weighted by molar-refractivity contribution is -0.128. The average molecular weight is 264 g/mol. The van der Waals surface area contributed by atoms with Crippen LogP contribution >= 0.6 is 0 Å². The van der Waals surface area contributed by atoms with E-state index < -0.39 is 6.04 Å². The molecule has 0 aliphatic carbocycles. The van der Waals surface area contributed by atoms with E-state index in [2.05, 4.69) is 10.6 Å². The van der Waals surface area contributed by atoms with E-state index in [4.69, 9.17) is 4.74 Å². The van der Waals surface area contributed by atoms with Gasteiger partial charge < -0.3 is 15.4 Å². The Hall–Kier alpha value is -1.88. The molecule has 0 unspecified atom stereocenters. The number of carbonyl (C=O) groups excluding carboxylic acids is 2. The first-order valence-electron chi connectivity index (χ1n) is 6.21. The summed E-state index contributed by atoms with van der Waals surface area (Å²) in [5, 5.41) is 5.42. The van der Waals surface area contributed by atoms with Crippen LogP contribution in [0, 0.1) is 0 Å². The zero-order valence-electron chi connectivity index (χ0n) is 11.3. The second-order valence-corrected chi connectivity index (χ2v) is 4.24. The first-order chi connectivity index (χ1) is 9.13. The number of methoxy groups -OCH3 is 1. The van der Waals surface area contributed by atoms with Gasteiger partial charge in [-0.05, 0) is 12.0 Å². The fraction of sp³-hybridized carbons (Fsp3) is 0.429. The van der Waals surface area contributed by atoms with Crippen molar-refractivity contribution in [2.45, 2.75) is 25.9 Å². The van der Waals surface area contributed by atoms with Crippen LogP contribution in [0.2, 0.25) is 0 Å². The van der Waals surface area contributed by atoms with Crippen molar-refractivity contribution in [3.05, 3.63) is 35.9 Å². The molecule has 0 aliphatic heterocycles. The Morgan fingerprint density at radius 1 is 1.26 bits per heavy atom. The summed E-state index contributed by atoms with van der Waals surface area (Å²) in [6.45, 7) is 2.26. The van der Waals surface area contributed by atoms with Crippen LogP contribution in [0.15, 0.2) is 30.3 Å². The SMILES string of the molecule is COCC[C@@H](NC(C)=O)C(=O)NCc1ccccc1. The van der Waals surface area contributed by atoms with Crippen molar-refractivity contribution < 1.29 is 14.3 Å². The van der Waals surface area contributed by atoms with Crippen molar-refractivity contribution in [1.82, 2.24) is 10.6 Å². The normalized spacial score (nSPS) is 11.7. The van der Waals surface area contributed by atoms with Crippen LogP contribution in [-0.2, 0) is 20.9 Å². The molecule has 19 heavy (non-hydrogen) atoms. The first kappa shape index (κ1) is 15.2. The van der Waals surface area contributed by atoms with Crippen LogP contribution < -0.4 is 10.6 Å². The molecule has 5 heteroatoms. The summed E-state index contributed by atoms with van der Waals surface area (Å²) in [7, 11) is 1.56. The molecular weight excluding hydrogens is 244 g/mol. The quantitative estimate of drug-likeness (QED) is 0.767. The predicted octanol–water partition coefficient (Wildman–Crippen LogP) is 0.844. The standard InChI is InChI=1S/C14H20N2O3/c1-11(17)16-13(8-9-19-2)14(18)15-10-12-6-4-3-5-7-12/h3-7,13H,8-10H2,1-2H3,(H,15,18)(H,16,17)/t13-/m1/s1. The van der Waals surface area contributed by atoms with E-state index in [0.29, 0.717) is 19.6 Å². The molecule has 1 rings (SSSR count). The Kier molecular flexibility index (Phi) is 6.60. The second-order valence-electron chi connectivity index (χ2n) is 4.24. The summed E-state index contributed by atoms with van der Waals surface area (Å²) >= 11 is 0. The summed E-state index contributed by atoms with van der Waals surface area (Å²) in [5.41, 5.74) is 1.02. The van der Waals surface area contributed by atoms with Gasteiger partial charge in [-0.1, -0.05) is 30.3 Å². The van der Waals surface area contributed by atoms with Gasteiger partial charge >= 0.3 is 0 Å². The number of rotatable bonds is 7. The van der Waals surface area contributed by atoms with Gasteiger partial charge in [-0.2, -0.15) is 0 Å². The Morgan fingerprint density at radius 3 is 2.53 bits per heavy atom. The van der Waals surface area contributed by atoms with Crippen LogP contribution in [0.1, 0.15) is 18.9 Å². The lowest BCUT2D eigenvalue weighted by Gasteiger charge is -2.17. The minimum Gasteiger partial charge on any atom is -0.385 e. The van der Waals surface area contributed by atoms with E-state index in [1.807, 2.05) is 30.3 Å². The van der Waals surface area contributed by atoms with Gasteiger partial charge in [0.1, 0.15) is 6.04 Å². The molecule has 0 spiro atoms. The summed E-state index contributed by atoms with van der Waals surface area (Å²) in [4.78, 5) is 23.0. The zero-order chi connectivity index (χ0) is 14.1. The molecule has 0 aromatic heterocycles. The van der Waals surface area contributed by atoms with Crippen LogP contribution in [-0.4, -0.2) is 31.6 Å². The maximum atomic E-state index is 12.0. The minimum absolute atomic E-state index is 0.198. The molecule has 0 radical (unpaired) electrons. The van der Waals surface area contributed by atoms with Crippen molar-refractivity contribution in [2.24, 2.45) is 0 Å². The fourth-order valence-electron chi connectivity index (χ4n) is 1.66. The highest BCUT2D eigenvalue weighted by atomic mass is 16.5. The van der Waals surface area contributed by atoms with Gasteiger partial charge in [-0.3, -0.25) is 9.59 Å². The van der Waals surface area contributed by atoms with Gasteiger partial charge in [0.2, 0.25) is 11.8 Å². The van der Waals surface area contributed by atoms with Gasteiger partial charge in [0.05, 0.1) is 0 Å². The molecule has 104 valence electrons. The molecule has 0 heterocycles. The number of benzene rings is 1. The number of ether oxygens (including phenoxy) is 1. The van der Waals surface area contributed by atoms with Crippen LogP contribution in [0.4, 0.5) is 0 Å². The van der Waals surface area contributed by atoms with E-state index in [1.54, 1.807) is 7.11 Å². The van der Waals surface area contributed by atoms with E-state index in [1.165, 1.54) is 6.92 Å². The minimum atomic E-state index is -0.554. The lowest BCUT2D eigenvalue weighted by Crippen LogP contribution is -2.46. The summed E-state index contributed by atoms with van der Waals surface area (Å²) in [6.07, 6.45) is 0.455. The summed E-state index contributed by atoms with van der Waals surface area (Å²) in [5.74, 6) is -0.424. The van der Waals surface area contributed by atoms with E-state index in [9.17, 15) is 9.59 Å². The Bertz CT molecular complexity index is 406. The molecule has 1 atom stereocenters. The number of nitrogens with one attached hydrogen (secondary N) is 2. The highest BCUT2D eigenvalue weighted by molar-refractivity contribution is 5.86. The van der Waals surface area contributed by atoms with Crippen molar-refractivity contribution in [2.75, 3.05) is 13.7 Å². The summed E-state index contributed by atoms with van der Waals surface area (Å²) < 4.78 is 4.94. The van der Waals surface area contributed by atoms with Gasteiger partial charge in [0, 0.05) is 27.2 Å². The molecule has 2 amide bonds. The van der Waals surface area contributed by atoms with Gasteiger partial charge in [0.25, 0.3) is 0 Å². The van der Waals surface area contributed by atoms with Crippen LogP contribution in [0.3, 0.4) is 0 Å². The molecular formula is C14H20N2O3. The van der Waals surface area contributed by atoms with E-state index >= 15 is 0 Å². The molecule has 0 saturated heterocycles. The maximum Gasteiger partial charge on any atom is 0.242 e. The second kappa shape index (κ2) is 8.26. The molecule has 2 N–H and O–H groups in total. The Morgan fingerprint density at radius 2 is 1.95 bits per heavy atom. The number of amides is 2. The van der Waals surface area contributed by atoms with Crippen molar-refractivity contribution in [3.8, 4) is 0 Å². The first-order valence-corrected chi connectivity index (χ1v) is 6.21. The Labute approximate surface area is 113 Å².